The third kappa shape index (κ3) is 3.16. The maximum absolute atomic E-state index is 11.3. The number of alkyl halides is 1. The molecule has 1 rings (SSSR count). The van der Waals surface area contributed by atoms with Crippen molar-refractivity contribution < 1.29 is 4.79 Å². The Labute approximate surface area is 108 Å². The van der Waals surface area contributed by atoms with Gasteiger partial charge in [0.25, 0.3) is 0 Å². The van der Waals surface area contributed by atoms with Crippen molar-refractivity contribution in [1.29, 1.82) is 0 Å². The molecule has 0 amide bonds. The number of Topliss-reactive ketones (excluding diaryl/α,β-unsaturated/α-hetero) is 1. The number of nitrogens with two attached hydrogens (primary N) is 1. The zero-order valence-electron chi connectivity index (χ0n) is 8.47. The lowest BCUT2D eigenvalue weighted by Gasteiger charge is -2.13. The van der Waals surface area contributed by atoms with E-state index in [9.17, 15) is 4.79 Å². The first-order valence-electron chi connectivity index (χ1n) is 4.65. The van der Waals surface area contributed by atoms with Crippen molar-refractivity contribution in [2.45, 2.75) is 17.3 Å². The molecule has 0 radical (unpaired) electrons. The Hall–Kier alpha value is -0.130. The highest BCUT2D eigenvalue weighted by Crippen LogP contribution is 2.24. The number of benzene rings is 1. The van der Waals surface area contributed by atoms with Gasteiger partial charge in [-0.25, -0.2) is 0 Å². The van der Waals surface area contributed by atoms with E-state index in [0.717, 1.165) is 20.6 Å². The molecule has 0 aliphatic rings. The van der Waals surface area contributed by atoms with E-state index >= 15 is 0 Å². The molecular weight excluding hydrogens is 324 g/mol. The second-order valence-electron chi connectivity index (χ2n) is 3.38. The molecule has 1 aromatic carbocycles. The fourth-order valence-electron chi connectivity index (χ4n) is 1.45. The molecule has 2 N–H and O–H groups in total. The first-order chi connectivity index (χ1) is 7.10. The van der Waals surface area contributed by atoms with Gasteiger partial charge >= 0.3 is 0 Å². The zero-order chi connectivity index (χ0) is 11.4. The molecule has 2 nitrogen and oxygen atoms in total. The predicted octanol–water partition coefficient (Wildman–Crippen LogP) is 2.91. The molecule has 0 aliphatic heterocycles. The second-order valence-corrected chi connectivity index (χ2v) is 4.55. The van der Waals surface area contributed by atoms with E-state index < -0.39 is 0 Å². The van der Waals surface area contributed by atoms with Crippen LogP contribution in [0.2, 0.25) is 5.02 Å². The molecule has 0 saturated carbocycles. The first-order valence-corrected chi connectivity index (χ1v) is 6.55. The Kier molecular flexibility index (Phi) is 5.02. The standard InChI is InChI=1S/C11H13ClINO/c1-7(15)10(6-14)8-2-3-11(12)9(4-8)5-13/h2-4,10H,5-6,14H2,1H3/t10-/m0/s1. The Bertz CT molecular complexity index is 368. The molecule has 15 heavy (non-hydrogen) atoms. The van der Waals surface area contributed by atoms with Crippen molar-refractivity contribution in [2.24, 2.45) is 5.73 Å². The van der Waals surface area contributed by atoms with Gasteiger partial charge in [0.1, 0.15) is 5.78 Å². The van der Waals surface area contributed by atoms with E-state index in [0.29, 0.717) is 6.54 Å². The summed E-state index contributed by atoms with van der Waals surface area (Å²) >= 11 is 8.25. The number of rotatable bonds is 4. The molecule has 0 fully saturated rings. The van der Waals surface area contributed by atoms with Crippen molar-refractivity contribution in [3.8, 4) is 0 Å². The van der Waals surface area contributed by atoms with E-state index in [-0.39, 0.29) is 11.7 Å². The van der Waals surface area contributed by atoms with Crippen molar-refractivity contribution in [1.82, 2.24) is 0 Å². The summed E-state index contributed by atoms with van der Waals surface area (Å²) in [5.41, 5.74) is 7.59. The van der Waals surface area contributed by atoms with E-state index in [2.05, 4.69) is 22.6 Å². The average molecular weight is 338 g/mol. The van der Waals surface area contributed by atoms with Gasteiger partial charge < -0.3 is 5.73 Å². The van der Waals surface area contributed by atoms with Crippen LogP contribution < -0.4 is 5.73 Å². The van der Waals surface area contributed by atoms with Crippen LogP contribution in [0.1, 0.15) is 24.0 Å². The van der Waals surface area contributed by atoms with E-state index in [1.807, 2.05) is 18.2 Å². The SMILES string of the molecule is CC(=O)[C@H](CN)c1ccc(Cl)c(CI)c1. The molecule has 4 heteroatoms. The van der Waals surface area contributed by atoms with Gasteiger partial charge in [0.2, 0.25) is 0 Å². The van der Waals surface area contributed by atoms with Crippen LogP contribution in [-0.2, 0) is 9.22 Å². The van der Waals surface area contributed by atoms with Crippen LogP contribution in [-0.4, -0.2) is 12.3 Å². The normalized spacial score (nSPS) is 12.5. The summed E-state index contributed by atoms with van der Waals surface area (Å²) < 4.78 is 0.833. The van der Waals surface area contributed by atoms with Crippen LogP contribution in [0.5, 0.6) is 0 Å². The average Bonchev–Trinajstić information content (AvgIpc) is 2.21. The molecule has 0 aliphatic carbocycles. The summed E-state index contributed by atoms with van der Waals surface area (Å²) in [4.78, 5) is 11.3. The lowest BCUT2D eigenvalue weighted by atomic mass is 9.94. The third-order valence-corrected chi connectivity index (χ3v) is 3.53. The summed E-state index contributed by atoms with van der Waals surface area (Å²) in [6.45, 7) is 1.91. The molecule has 1 atom stereocenters. The fourth-order valence-corrected chi connectivity index (χ4v) is 2.49. The molecule has 0 saturated heterocycles. The smallest absolute Gasteiger partial charge is 0.138 e. The monoisotopic (exact) mass is 337 g/mol. The van der Waals surface area contributed by atoms with Crippen molar-refractivity contribution in [2.75, 3.05) is 6.54 Å². The van der Waals surface area contributed by atoms with Gasteiger partial charge in [-0.1, -0.05) is 46.3 Å². The van der Waals surface area contributed by atoms with E-state index in [4.69, 9.17) is 17.3 Å². The molecule has 82 valence electrons. The van der Waals surface area contributed by atoms with Gasteiger partial charge in [-0.3, -0.25) is 4.79 Å². The molecule has 0 heterocycles. The Morgan fingerprint density at radius 2 is 2.27 bits per heavy atom. The van der Waals surface area contributed by atoms with E-state index in [1.54, 1.807) is 6.92 Å². The maximum atomic E-state index is 11.3. The van der Waals surface area contributed by atoms with Gasteiger partial charge in [-0.05, 0) is 24.1 Å². The highest BCUT2D eigenvalue weighted by molar-refractivity contribution is 14.1. The largest absolute Gasteiger partial charge is 0.329 e. The van der Waals surface area contributed by atoms with Crippen LogP contribution in [0.4, 0.5) is 0 Å². The number of halogens is 2. The Balaban J connectivity index is 3.09. The van der Waals surface area contributed by atoms with Crippen LogP contribution in [0.15, 0.2) is 18.2 Å². The predicted molar refractivity (Wildman–Crippen MR) is 71.7 cm³/mol. The van der Waals surface area contributed by atoms with Gasteiger partial charge in [0.15, 0.2) is 0 Å². The third-order valence-electron chi connectivity index (χ3n) is 2.34. The second kappa shape index (κ2) is 5.82. The highest BCUT2D eigenvalue weighted by Gasteiger charge is 2.15. The minimum absolute atomic E-state index is 0.0965. The van der Waals surface area contributed by atoms with Gasteiger partial charge in [0, 0.05) is 16.0 Å². The highest BCUT2D eigenvalue weighted by atomic mass is 127. The van der Waals surface area contributed by atoms with Gasteiger partial charge in [-0.2, -0.15) is 0 Å². The number of hydrogen-bond donors (Lipinski definition) is 1. The van der Waals surface area contributed by atoms with Crippen molar-refractivity contribution in [3.05, 3.63) is 34.3 Å². The molecule has 1 aromatic rings. The summed E-state index contributed by atoms with van der Waals surface area (Å²) in [6, 6.07) is 5.67. The molecular formula is C11H13ClINO. The Morgan fingerprint density at radius 1 is 1.60 bits per heavy atom. The fraction of sp³-hybridized carbons (Fsp3) is 0.364. The van der Waals surface area contributed by atoms with E-state index in [1.165, 1.54) is 0 Å². The van der Waals surface area contributed by atoms with Crippen molar-refractivity contribution >= 4 is 40.0 Å². The van der Waals surface area contributed by atoms with Crippen molar-refractivity contribution in [3.63, 3.8) is 0 Å². The topological polar surface area (TPSA) is 43.1 Å². The zero-order valence-corrected chi connectivity index (χ0v) is 11.4. The van der Waals surface area contributed by atoms with Gasteiger partial charge in [0.05, 0.1) is 5.92 Å². The summed E-state index contributed by atoms with van der Waals surface area (Å²) in [5, 5.41) is 0.743. The minimum atomic E-state index is -0.205. The number of carbonyl (C=O) groups excluding carboxylic acids is 1. The molecule has 0 spiro atoms. The summed E-state index contributed by atoms with van der Waals surface area (Å²) in [7, 11) is 0. The number of carbonyl (C=O) groups is 1. The first kappa shape index (κ1) is 12.9. The lowest BCUT2D eigenvalue weighted by Crippen LogP contribution is -2.19. The van der Waals surface area contributed by atoms with Crippen LogP contribution in [0.3, 0.4) is 0 Å². The number of ketones is 1. The molecule has 0 unspecified atom stereocenters. The van der Waals surface area contributed by atoms with Crippen LogP contribution in [0.25, 0.3) is 0 Å². The molecule has 0 aromatic heterocycles. The summed E-state index contributed by atoms with van der Waals surface area (Å²) in [6.07, 6.45) is 0. The quantitative estimate of drug-likeness (QED) is 0.678. The minimum Gasteiger partial charge on any atom is -0.329 e. The van der Waals surface area contributed by atoms with Crippen LogP contribution >= 0.6 is 34.2 Å². The Morgan fingerprint density at radius 3 is 2.73 bits per heavy atom. The van der Waals surface area contributed by atoms with Crippen LogP contribution in [0, 0.1) is 0 Å². The van der Waals surface area contributed by atoms with Gasteiger partial charge in [-0.15, -0.1) is 0 Å². The molecule has 0 bridgehead atoms. The lowest BCUT2D eigenvalue weighted by molar-refractivity contribution is -0.118. The summed E-state index contributed by atoms with van der Waals surface area (Å²) in [5.74, 6) is -0.108. The maximum Gasteiger partial charge on any atom is 0.138 e. The number of hydrogen-bond acceptors (Lipinski definition) is 2.